The highest BCUT2D eigenvalue weighted by molar-refractivity contribution is 5.74. The van der Waals surface area contributed by atoms with E-state index in [0.29, 0.717) is 17.5 Å². The summed E-state index contributed by atoms with van der Waals surface area (Å²) in [4.78, 5) is 27.6. The fourth-order valence-corrected chi connectivity index (χ4v) is 2.45. The normalized spacial score (nSPS) is 12.7. The van der Waals surface area contributed by atoms with Crippen molar-refractivity contribution < 1.29 is 5.11 Å². The molecule has 5 nitrogen and oxygen atoms in total. The zero-order valence-corrected chi connectivity index (χ0v) is 12.3. The van der Waals surface area contributed by atoms with Gasteiger partial charge in [0, 0.05) is 0 Å². The van der Waals surface area contributed by atoms with Crippen molar-refractivity contribution in [2.24, 2.45) is 0 Å². The quantitative estimate of drug-likeness (QED) is 0.541. The van der Waals surface area contributed by atoms with Crippen LogP contribution >= 0.6 is 0 Å². The first-order chi connectivity index (χ1) is 10.1. The second-order valence-electron chi connectivity index (χ2n) is 5.43. The third-order valence-electron chi connectivity index (χ3n) is 3.71. The highest BCUT2D eigenvalue weighted by atomic mass is 16.3. The Labute approximate surface area is 123 Å². The third kappa shape index (κ3) is 4.04. The number of H-pyrrole nitrogens is 2. The minimum atomic E-state index is -0.672. The van der Waals surface area contributed by atoms with Gasteiger partial charge >= 0.3 is 11.1 Å². The van der Waals surface area contributed by atoms with Crippen LogP contribution in [-0.4, -0.2) is 15.1 Å². The molecule has 1 atom stereocenters. The Balaban J connectivity index is 2.06. The summed E-state index contributed by atoms with van der Waals surface area (Å²) in [5, 5.41) is 10.2. The maximum absolute atomic E-state index is 11.3. The van der Waals surface area contributed by atoms with Gasteiger partial charge in [-0.15, -0.1) is 0 Å². The van der Waals surface area contributed by atoms with Crippen LogP contribution < -0.4 is 11.1 Å². The summed E-state index contributed by atoms with van der Waals surface area (Å²) < 4.78 is 0. The lowest BCUT2D eigenvalue weighted by atomic mass is 10.0. The lowest BCUT2D eigenvalue weighted by molar-refractivity contribution is 0.163. The Morgan fingerprint density at radius 3 is 2.38 bits per heavy atom. The molecule has 0 aliphatic heterocycles. The van der Waals surface area contributed by atoms with E-state index in [-0.39, 0.29) is 0 Å². The summed E-state index contributed by atoms with van der Waals surface area (Å²) in [6, 6.07) is 5.22. The monoisotopic (exact) mass is 290 g/mol. The van der Waals surface area contributed by atoms with Crippen molar-refractivity contribution in [3.8, 4) is 0 Å². The number of benzene rings is 1. The number of fused-ring (bicyclic) bond motifs is 1. The molecule has 0 bridgehead atoms. The molecule has 5 heteroatoms. The molecule has 3 N–H and O–H groups in total. The summed E-state index contributed by atoms with van der Waals surface area (Å²) in [7, 11) is 0. The van der Waals surface area contributed by atoms with Crippen LogP contribution in [0.3, 0.4) is 0 Å². The van der Waals surface area contributed by atoms with E-state index >= 15 is 0 Å². The molecule has 0 spiro atoms. The molecule has 1 heterocycles. The maximum Gasteiger partial charge on any atom is 0.314 e. The number of aliphatic hydroxyl groups is 1. The molecule has 0 amide bonds. The minimum Gasteiger partial charge on any atom is -0.388 e. The number of aliphatic hydroxyl groups excluding tert-OH is 1. The second kappa shape index (κ2) is 7.22. The van der Waals surface area contributed by atoms with E-state index in [9.17, 15) is 14.7 Å². The van der Waals surface area contributed by atoms with E-state index < -0.39 is 17.2 Å². The van der Waals surface area contributed by atoms with Gasteiger partial charge in [-0.2, -0.15) is 0 Å². The first-order valence-corrected chi connectivity index (χ1v) is 7.56. The zero-order chi connectivity index (χ0) is 15.2. The highest BCUT2D eigenvalue weighted by Crippen LogP contribution is 2.22. The number of aromatic amines is 2. The van der Waals surface area contributed by atoms with E-state index in [4.69, 9.17) is 0 Å². The number of hydrogen-bond acceptors (Lipinski definition) is 3. The number of nitrogens with one attached hydrogen (secondary N) is 2. The standard InChI is InChI=1S/C16H22N2O3/c1-2-3-4-5-6-7-14(19)11-8-9-12-13(10-11)18-16(21)15(20)17-12/h8-10,14,19H,2-7H2,1H3,(H,17,20)(H,18,21). The van der Waals surface area contributed by atoms with Crippen LogP contribution in [0, 0.1) is 0 Å². The van der Waals surface area contributed by atoms with E-state index in [1.54, 1.807) is 18.2 Å². The Bertz CT molecular complexity index is 702. The summed E-state index contributed by atoms with van der Waals surface area (Å²) >= 11 is 0. The van der Waals surface area contributed by atoms with Crippen LogP contribution in [0.5, 0.6) is 0 Å². The molecular formula is C16H22N2O3. The Hall–Kier alpha value is -1.88. The number of unbranched alkanes of at least 4 members (excludes halogenated alkanes) is 4. The molecule has 0 saturated carbocycles. The molecule has 2 rings (SSSR count). The van der Waals surface area contributed by atoms with Crippen molar-refractivity contribution in [3.63, 3.8) is 0 Å². The molecule has 114 valence electrons. The van der Waals surface area contributed by atoms with Crippen molar-refractivity contribution in [1.82, 2.24) is 9.97 Å². The van der Waals surface area contributed by atoms with Crippen LogP contribution in [0.1, 0.15) is 57.1 Å². The van der Waals surface area contributed by atoms with Crippen LogP contribution in [0.2, 0.25) is 0 Å². The van der Waals surface area contributed by atoms with Crippen molar-refractivity contribution in [3.05, 3.63) is 44.5 Å². The van der Waals surface area contributed by atoms with Crippen LogP contribution in [0.25, 0.3) is 11.0 Å². The molecule has 0 aliphatic rings. The minimum absolute atomic E-state index is 0.536. The lowest BCUT2D eigenvalue weighted by Gasteiger charge is -2.11. The summed E-state index contributed by atoms with van der Waals surface area (Å²) in [6.07, 6.45) is 5.94. The fraction of sp³-hybridized carbons (Fsp3) is 0.500. The maximum atomic E-state index is 11.3. The average Bonchev–Trinajstić information content (AvgIpc) is 2.47. The molecular weight excluding hydrogens is 268 g/mol. The first kappa shape index (κ1) is 15.5. The van der Waals surface area contributed by atoms with Gasteiger partial charge in [0.25, 0.3) is 0 Å². The second-order valence-corrected chi connectivity index (χ2v) is 5.43. The lowest BCUT2D eigenvalue weighted by Crippen LogP contribution is -2.28. The summed E-state index contributed by atoms with van der Waals surface area (Å²) in [5.74, 6) is 0. The van der Waals surface area contributed by atoms with E-state index in [1.807, 2.05) is 0 Å². The molecule has 0 aliphatic carbocycles. The average molecular weight is 290 g/mol. The number of hydrogen-bond donors (Lipinski definition) is 3. The van der Waals surface area contributed by atoms with Crippen molar-refractivity contribution in [1.29, 1.82) is 0 Å². The van der Waals surface area contributed by atoms with Gasteiger partial charge < -0.3 is 15.1 Å². The van der Waals surface area contributed by atoms with Crippen molar-refractivity contribution >= 4 is 11.0 Å². The Morgan fingerprint density at radius 2 is 1.67 bits per heavy atom. The smallest absolute Gasteiger partial charge is 0.314 e. The first-order valence-electron chi connectivity index (χ1n) is 7.56. The van der Waals surface area contributed by atoms with Gasteiger partial charge in [0.1, 0.15) is 0 Å². The van der Waals surface area contributed by atoms with Gasteiger partial charge in [0.2, 0.25) is 0 Å². The molecule has 2 aromatic rings. The third-order valence-corrected chi connectivity index (χ3v) is 3.71. The zero-order valence-electron chi connectivity index (χ0n) is 12.3. The predicted molar refractivity (Wildman–Crippen MR) is 83.5 cm³/mol. The molecule has 0 saturated heterocycles. The largest absolute Gasteiger partial charge is 0.388 e. The Morgan fingerprint density at radius 1 is 1.00 bits per heavy atom. The fourth-order valence-electron chi connectivity index (χ4n) is 2.45. The van der Waals surface area contributed by atoms with Crippen molar-refractivity contribution in [2.45, 2.75) is 51.6 Å². The molecule has 0 radical (unpaired) electrons. The summed E-state index contributed by atoms with van der Waals surface area (Å²) in [6.45, 7) is 2.18. The predicted octanol–water partition coefficient (Wildman–Crippen LogP) is 2.61. The topological polar surface area (TPSA) is 85.9 Å². The molecule has 1 aromatic heterocycles. The molecule has 21 heavy (non-hydrogen) atoms. The number of aromatic nitrogens is 2. The molecule has 1 unspecified atom stereocenters. The van der Waals surface area contributed by atoms with E-state index in [0.717, 1.165) is 18.4 Å². The van der Waals surface area contributed by atoms with Gasteiger partial charge in [-0.05, 0) is 24.1 Å². The van der Waals surface area contributed by atoms with Gasteiger partial charge in [0.15, 0.2) is 0 Å². The Kier molecular flexibility index (Phi) is 5.33. The van der Waals surface area contributed by atoms with Crippen LogP contribution in [0.4, 0.5) is 0 Å². The molecule has 1 aromatic carbocycles. The summed E-state index contributed by atoms with van der Waals surface area (Å²) in [5.41, 5.74) is 0.543. The van der Waals surface area contributed by atoms with E-state index in [2.05, 4.69) is 16.9 Å². The van der Waals surface area contributed by atoms with Gasteiger partial charge in [-0.1, -0.05) is 45.1 Å². The number of rotatable bonds is 7. The van der Waals surface area contributed by atoms with E-state index in [1.165, 1.54) is 19.3 Å². The van der Waals surface area contributed by atoms with Gasteiger partial charge in [0.05, 0.1) is 17.1 Å². The molecule has 0 fully saturated rings. The van der Waals surface area contributed by atoms with Crippen molar-refractivity contribution in [2.75, 3.05) is 0 Å². The highest BCUT2D eigenvalue weighted by Gasteiger charge is 2.09. The van der Waals surface area contributed by atoms with Crippen LogP contribution in [0.15, 0.2) is 27.8 Å². The SMILES string of the molecule is CCCCCCCC(O)c1ccc2[nH]c(=O)c(=O)[nH]c2c1. The van der Waals surface area contributed by atoms with Crippen LogP contribution in [-0.2, 0) is 0 Å². The van der Waals surface area contributed by atoms with Gasteiger partial charge in [-0.25, -0.2) is 0 Å². The van der Waals surface area contributed by atoms with Gasteiger partial charge in [-0.3, -0.25) is 9.59 Å².